The number of nitro groups is 1. The second-order valence-corrected chi connectivity index (χ2v) is 6.97. The van der Waals surface area contributed by atoms with Crippen molar-refractivity contribution in [2.75, 3.05) is 43.5 Å². The van der Waals surface area contributed by atoms with Crippen LogP contribution in [0.3, 0.4) is 0 Å². The molecule has 0 spiro atoms. The minimum atomic E-state index is -0.515. The van der Waals surface area contributed by atoms with E-state index >= 15 is 0 Å². The highest BCUT2D eigenvalue weighted by atomic mass is 19.1. The third-order valence-corrected chi connectivity index (χ3v) is 5.25. The number of ether oxygens (including phenoxy) is 1. The highest BCUT2D eigenvalue weighted by Gasteiger charge is 2.30. The van der Waals surface area contributed by atoms with Gasteiger partial charge in [0.15, 0.2) is 6.04 Å². The summed E-state index contributed by atoms with van der Waals surface area (Å²) >= 11 is 0. The molecule has 0 aliphatic carbocycles. The normalized spacial score (nSPS) is 15.6. The molecule has 1 saturated heterocycles. The Balaban J connectivity index is 1.62. The summed E-state index contributed by atoms with van der Waals surface area (Å²) in [6, 6.07) is 10.1. The van der Waals surface area contributed by atoms with Gasteiger partial charge in [0.25, 0.3) is 11.6 Å². The maximum atomic E-state index is 13.1. The van der Waals surface area contributed by atoms with E-state index in [4.69, 9.17) is 4.74 Å². The molecule has 3 rings (SSSR count). The van der Waals surface area contributed by atoms with Gasteiger partial charge in [-0.05, 0) is 37.3 Å². The average Bonchev–Trinajstić information content (AvgIpc) is 2.73. The number of carbonyl (C=O) groups is 1. The van der Waals surface area contributed by atoms with E-state index in [2.05, 4.69) is 10.2 Å². The number of piperazine rings is 1. The number of halogens is 1. The number of quaternary nitrogens is 1. The molecule has 0 aromatic heterocycles. The van der Waals surface area contributed by atoms with Crippen molar-refractivity contribution in [1.82, 2.24) is 0 Å². The van der Waals surface area contributed by atoms with Crippen molar-refractivity contribution >= 4 is 23.0 Å². The number of benzene rings is 2. The fraction of sp³-hybridized carbons (Fsp3) is 0.350. The molecule has 154 valence electrons. The topological polar surface area (TPSA) is 89.1 Å². The molecule has 0 bridgehead atoms. The minimum Gasteiger partial charge on any atom is -0.495 e. The summed E-state index contributed by atoms with van der Waals surface area (Å²) in [6.45, 7) is 4.83. The van der Waals surface area contributed by atoms with Crippen molar-refractivity contribution in [3.05, 3.63) is 58.4 Å². The molecule has 0 unspecified atom stereocenters. The molecule has 1 atom stereocenters. The SMILES string of the molecule is COc1ccc([N+](=O)[O-])cc1NC(=O)[C@H](C)[NH+]1CCN(c2ccc(F)cc2)CC1. The van der Waals surface area contributed by atoms with Crippen molar-refractivity contribution in [2.24, 2.45) is 0 Å². The van der Waals surface area contributed by atoms with Crippen LogP contribution < -0.4 is 19.9 Å². The Labute approximate surface area is 168 Å². The molecular formula is C20H24FN4O4+. The van der Waals surface area contributed by atoms with Gasteiger partial charge in [0, 0.05) is 17.8 Å². The predicted molar refractivity (Wildman–Crippen MR) is 107 cm³/mol. The van der Waals surface area contributed by atoms with Gasteiger partial charge < -0.3 is 19.9 Å². The lowest BCUT2D eigenvalue weighted by atomic mass is 10.2. The van der Waals surface area contributed by atoms with Gasteiger partial charge in [-0.2, -0.15) is 0 Å². The fourth-order valence-corrected chi connectivity index (χ4v) is 3.47. The number of hydrogen-bond acceptors (Lipinski definition) is 5. The van der Waals surface area contributed by atoms with Gasteiger partial charge in [-0.25, -0.2) is 4.39 Å². The molecule has 0 radical (unpaired) electrons. The zero-order valence-corrected chi connectivity index (χ0v) is 16.4. The number of non-ortho nitro benzene ring substituents is 1. The Morgan fingerprint density at radius 3 is 2.48 bits per heavy atom. The number of nitrogens with one attached hydrogen (secondary N) is 2. The Morgan fingerprint density at radius 2 is 1.90 bits per heavy atom. The van der Waals surface area contributed by atoms with Crippen molar-refractivity contribution in [3.63, 3.8) is 0 Å². The Hall–Kier alpha value is -3.20. The van der Waals surface area contributed by atoms with Crippen LogP contribution in [0.2, 0.25) is 0 Å². The van der Waals surface area contributed by atoms with Crippen LogP contribution in [-0.2, 0) is 4.79 Å². The number of rotatable bonds is 6. The predicted octanol–water partition coefficient (Wildman–Crippen LogP) is 1.47. The zero-order valence-electron chi connectivity index (χ0n) is 16.4. The first-order chi connectivity index (χ1) is 13.9. The number of anilines is 2. The summed E-state index contributed by atoms with van der Waals surface area (Å²) in [4.78, 5) is 26.5. The molecule has 1 aliphatic heterocycles. The Kier molecular flexibility index (Phi) is 6.28. The van der Waals surface area contributed by atoms with E-state index in [1.807, 2.05) is 6.92 Å². The van der Waals surface area contributed by atoms with Crippen LogP contribution in [0.4, 0.5) is 21.5 Å². The molecule has 1 fully saturated rings. The first-order valence-corrected chi connectivity index (χ1v) is 9.37. The quantitative estimate of drug-likeness (QED) is 0.563. The number of amides is 1. The number of nitro benzene ring substituents is 1. The maximum Gasteiger partial charge on any atom is 0.282 e. The van der Waals surface area contributed by atoms with Gasteiger partial charge in [-0.15, -0.1) is 0 Å². The largest absolute Gasteiger partial charge is 0.495 e. The summed E-state index contributed by atoms with van der Waals surface area (Å²) < 4.78 is 18.3. The summed E-state index contributed by atoms with van der Waals surface area (Å²) in [5, 5.41) is 13.8. The Morgan fingerprint density at radius 1 is 1.24 bits per heavy atom. The molecule has 1 heterocycles. The average molecular weight is 403 g/mol. The summed E-state index contributed by atoms with van der Waals surface area (Å²) in [6.07, 6.45) is 0. The van der Waals surface area contributed by atoms with Crippen molar-refractivity contribution < 1.29 is 23.7 Å². The van der Waals surface area contributed by atoms with E-state index in [1.54, 1.807) is 12.1 Å². The molecule has 1 aliphatic rings. The van der Waals surface area contributed by atoms with Gasteiger partial charge in [0.2, 0.25) is 0 Å². The lowest BCUT2D eigenvalue weighted by Crippen LogP contribution is -3.19. The summed E-state index contributed by atoms with van der Waals surface area (Å²) in [7, 11) is 1.44. The van der Waals surface area contributed by atoms with E-state index in [0.29, 0.717) is 5.75 Å². The molecule has 2 aromatic carbocycles. The molecule has 9 heteroatoms. The standard InChI is InChI=1S/C20H23FN4O4/c1-14(20(26)22-18-13-17(25(27)28)7-8-19(18)29-2)23-9-11-24(12-10-23)16-5-3-15(21)4-6-16/h3-8,13-14H,9-12H2,1-2H3,(H,22,26)/p+1/t14-/m0/s1. The van der Waals surface area contributed by atoms with Crippen LogP contribution in [0.15, 0.2) is 42.5 Å². The molecule has 2 aromatic rings. The molecule has 2 N–H and O–H groups in total. The fourth-order valence-electron chi connectivity index (χ4n) is 3.47. The molecule has 1 amide bonds. The van der Waals surface area contributed by atoms with Gasteiger partial charge in [0.1, 0.15) is 11.6 Å². The molecule has 8 nitrogen and oxygen atoms in total. The van der Waals surface area contributed by atoms with E-state index in [-0.39, 0.29) is 29.1 Å². The number of nitrogens with zero attached hydrogens (tertiary/aromatic N) is 2. The first kappa shape index (κ1) is 20.5. The third kappa shape index (κ3) is 4.80. The van der Waals surface area contributed by atoms with Crippen molar-refractivity contribution in [2.45, 2.75) is 13.0 Å². The van der Waals surface area contributed by atoms with Crippen LogP contribution in [0.25, 0.3) is 0 Å². The maximum absolute atomic E-state index is 13.1. The van der Waals surface area contributed by atoms with Crippen LogP contribution >= 0.6 is 0 Å². The number of carbonyl (C=O) groups excluding carboxylic acids is 1. The van der Waals surface area contributed by atoms with Crippen LogP contribution in [0.5, 0.6) is 5.75 Å². The van der Waals surface area contributed by atoms with E-state index in [1.165, 1.54) is 37.4 Å². The summed E-state index contributed by atoms with van der Waals surface area (Å²) in [5.41, 5.74) is 1.13. The van der Waals surface area contributed by atoms with Gasteiger partial charge in [-0.3, -0.25) is 14.9 Å². The number of hydrogen-bond donors (Lipinski definition) is 2. The highest BCUT2D eigenvalue weighted by molar-refractivity contribution is 5.95. The van der Waals surface area contributed by atoms with Gasteiger partial charge >= 0.3 is 0 Å². The van der Waals surface area contributed by atoms with E-state index in [0.717, 1.165) is 36.8 Å². The molecular weight excluding hydrogens is 379 g/mol. The molecule has 0 saturated carbocycles. The highest BCUT2D eigenvalue weighted by Crippen LogP contribution is 2.28. The monoisotopic (exact) mass is 403 g/mol. The lowest BCUT2D eigenvalue weighted by Gasteiger charge is -2.36. The summed E-state index contributed by atoms with van der Waals surface area (Å²) in [5.74, 6) is -0.124. The zero-order chi connectivity index (χ0) is 21.0. The van der Waals surface area contributed by atoms with E-state index < -0.39 is 4.92 Å². The molecule has 29 heavy (non-hydrogen) atoms. The number of methoxy groups -OCH3 is 1. The van der Waals surface area contributed by atoms with Crippen LogP contribution in [0, 0.1) is 15.9 Å². The first-order valence-electron chi connectivity index (χ1n) is 9.37. The van der Waals surface area contributed by atoms with Gasteiger partial charge in [-0.1, -0.05) is 0 Å². The van der Waals surface area contributed by atoms with Gasteiger partial charge in [0.05, 0.1) is 43.9 Å². The lowest BCUT2D eigenvalue weighted by molar-refractivity contribution is -0.914. The second-order valence-electron chi connectivity index (χ2n) is 6.97. The van der Waals surface area contributed by atoms with Crippen LogP contribution in [-0.4, -0.2) is 50.2 Å². The van der Waals surface area contributed by atoms with Crippen LogP contribution in [0.1, 0.15) is 6.92 Å². The van der Waals surface area contributed by atoms with E-state index in [9.17, 15) is 19.3 Å². The van der Waals surface area contributed by atoms with Crippen molar-refractivity contribution in [1.29, 1.82) is 0 Å². The minimum absolute atomic E-state index is 0.117. The second kappa shape index (κ2) is 8.87. The smallest absolute Gasteiger partial charge is 0.282 e. The third-order valence-electron chi connectivity index (χ3n) is 5.25. The van der Waals surface area contributed by atoms with Crippen molar-refractivity contribution in [3.8, 4) is 5.75 Å². The Bertz CT molecular complexity index is 883.